The fourth-order valence-corrected chi connectivity index (χ4v) is 2.99. The van der Waals surface area contributed by atoms with Gasteiger partial charge in [-0.1, -0.05) is 35.4 Å². The maximum Gasteiger partial charge on any atom is 0.112 e. The molecule has 2 aliphatic carbocycles. The van der Waals surface area contributed by atoms with Gasteiger partial charge in [0.1, 0.15) is 5.69 Å². The summed E-state index contributed by atoms with van der Waals surface area (Å²) >= 11 is 0. The minimum absolute atomic E-state index is 0.373. The fraction of sp³-hybridized carbons (Fsp3) is 0.333. The van der Waals surface area contributed by atoms with Gasteiger partial charge in [-0.3, -0.25) is 0 Å². The van der Waals surface area contributed by atoms with Gasteiger partial charge in [0.15, 0.2) is 0 Å². The molecular weight excluding hydrogens is 210 g/mol. The van der Waals surface area contributed by atoms with Crippen LogP contribution in [0.15, 0.2) is 46.7 Å². The fourth-order valence-electron chi connectivity index (χ4n) is 2.99. The first-order chi connectivity index (χ1) is 8.22. The molecule has 0 saturated carbocycles. The number of benzene rings is 1. The van der Waals surface area contributed by atoms with Crippen molar-refractivity contribution in [2.75, 3.05) is 0 Å². The largest absolute Gasteiger partial charge is 0.145 e. The number of hydrogen-bond donors (Lipinski definition) is 0. The van der Waals surface area contributed by atoms with Gasteiger partial charge in [0, 0.05) is 11.8 Å². The average molecular weight is 225 g/mol. The molecule has 0 N–H and O–H groups in total. The van der Waals surface area contributed by atoms with Gasteiger partial charge in [-0.25, -0.2) is 0 Å². The van der Waals surface area contributed by atoms with Crippen molar-refractivity contribution in [1.82, 2.24) is 0 Å². The number of rotatable bonds is 1. The Kier molecular flexibility index (Phi) is 2.25. The molecule has 86 valence electrons. The summed E-state index contributed by atoms with van der Waals surface area (Å²) in [6.45, 7) is 4.34. The average Bonchev–Trinajstić information content (AvgIpc) is 2.27. The summed E-state index contributed by atoms with van der Waals surface area (Å²) in [5, 5.41) is 3.17. The van der Waals surface area contributed by atoms with Crippen molar-refractivity contribution in [1.29, 1.82) is 0 Å². The first kappa shape index (κ1) is 10.5. The van der Waals surface area contributed by atoms with Gasteiger partial charge in [-0.15, -0.1) is 4.91 Å². The van der Waals surface area contributed by atoms with E-state index in [4.69, 9.17) is 0 Å². The Balaban J connectivity index is 2.20. The van der Waals surface area contributed by atoms with Gasteiger partial charge in [0.05, 0.1) is 0 Å². The van der Waals surface area contributed by atoms with E-state index < -0.39 is 0 Å². The summed E-state index contributed by atoms with van der Waals surface area (Å²) in [6, 6.07) is 5.87. The van der Waals surface area contributed by atoms with Crippen LogP contribution in [-0.2, 0) is 6.42 Å². The molecule has 0 saturated heterocycles. The molecule has 1 aromatic rings. The standard InChI is InChI=1S/C15H15NO/c1-9(2)13-8-10-4-3-5-14(16-17)15(10)12-7-6-11(12)13/h3-7,11-12H,8H2,1-2H3. The lowest BCUT2D eigenvalue weighted by atomic mass is 9.65. The minimum atomic E-state index is 0.373. The Morgan fingerprint density at radius 1 is 1.24 bits per heavy atom. The summed E-state index contributed by atoms with van der Waals surface area (Å²) in [4.78, 5) is 10.9. The predicted molar refractivity (Wildman–Crippen MR) is 69.3 cm³/mol. The van der Waals surface area contributed by atoms with Crippen LogP contribution in [0, 0.1) is 10.8 Å². The molecule has 0 spiro atoms. The molecule has 2 unspecified atom stereocenters. The number of fused-ring (bicyclic) bond motifs is 3. The van der Waals surface area contributed by atoms with Crippen LogP contribution in [-0.4, -0.2) is 0 Å². The van der Waals surface area contributed by atoms with Gasteiger partial charge >= 0.3 is 0 Å². The van der Waals surface area contributed by atoms with Crippen LogP contribution >= 0.6 is 0 Å². The summed E-state index contributed by atoms with van der Waals surface area (Å²) in [5.74, 6) is 0.868. The molecule has 0 amide bonds. The molecule has 1 aromatic carbocycles. The highest BCUT2D eigenvalue weighted by atomic mass is 16.3. The first-order valence-corrected chi connectivity index (χ1v) is 6.02. The molecule has 0 aromatic heterocycles. The van der Waals surface area contributed by atoms with E-state index in [-0.39, 0.29) is 0 Å². The molecular formula is C15H15NO. The van der Waals surface area contributed by atoms with Crippen molar-refractivity contribution in [2.24, 2.45) is 11.1 Å². The van der Waals surface area contributed by atoms with Gasteiger partial charge in [0.25, 0.3) is 0 Å². The summed E-state index contributed by atoms with van der Waals surface area (Å²) in [6.07, 6.45) is 5.41. The maximum atomic E-state index is 10.9. The minimum Gasteiger partial charge on any atom is -0.145 e. The van der Waals surface area contributed by atoms with Crippen molar-refractivity contribution in [3.05, 3.63) is 57.5 Å². The summed E-state index contributed by atoms with van der Waals surface area (Å²) < 4.78 is 0. The Morgan fingerprint density at radius 3 is 2.59 bits per heavy atom. The molecule has 0 radical (unpaired) electrons. The Labute approximate surface area is 101 Å². The number of allylic oxidation sites excluding steroid dienone is 4. The van der Waals surface area contributed by atoms with Crippen molar-refractivity contribution in [3.63, 3.8) is 0 Å². The van der Waals surface area contributed by atoms with Crippen LogP contribution in [0.5, 0.6) is 0 Å². The van der Waals surface area contributed by atoms with Gasteiger partial charge in [0.2, 0.25) is 0 Å². The van der Waals surface area contributed by atoms with Crippen molar-refractivity contribution in [3.8, 4) is 0 Å². The predicted octanol–water partition coefficient (Wildman–Crippen LogP) is 4.25. The lowest BCUT2D eigenvalue weighted by Crippen LogP contribution is -2.26. The zero-order valence-electron chi connectivity index (χ0n) is 10.1. The summed E-state index contributed by atoms with van der Waals surface area (Å²) in [7, 11) is 0. The van der Waals surface area contributed by atoms with Crippen LogP contribution in [0.1, 0.15) is 30.9 Å². The van der Waals surface area contributed by atoms with E-state index in [0.717, 1.165) is 12.0 Å². The topological polar surface area (TPSA) is 29.4 Å². The third kappa shape index (κ3) is 1.40. The van der Waals surface area contributed by atoms with Crippen LogP contribution in [0.3, 0.4) is 0 Å². The second kappa shape index (κ2) is 3.66. The van der Waals surface area contributed by atoms with Crippen LogP contribution in [0.4, 0.5) is 5.69 Å². The second-order valence-corrected chi connectivity index (χ2v) is 5.08. The van der Waals surface area contributed by atoms with Crippen molar-refractivity contribution >= 4 is 5.69 Å². The van der Waals surface area contributed by atoms with Gasteiger partial charge < -0.3 is 0 Å². The van der Waals surface area contributed by atoms with Crippen molar-refractivity contribution < 1.29 is 0 Å². The zero-order valence-corrected chi connectivity index (χ0v) is 10.1. The van der Waals surface area contributed by atoms with Gasteiger partial charge in [-0.2, -0.15) is 0 Å². The molecule has 2 heteroatoms. The Bertz CT molecular complexity index is 550. The molecule has 2 nitrogen and oxygen atoms in total. The molecule has 17 heavy (non-hydrogen) atoms. The SMILES string of the molecule is CC(C)=C1Cc2cccc(N=O)c2C2C=CC12. The second-order valence-electron chi connectivity index (χ2n) is 5.08. The van der Waals surface area contributed by atoms with Crippen LogP contribution in [0.2, 0.25) is 0 Å². The molecule has 0 bridgehead atoms. The highest BCUT2D eigenvalue weighted by molar-refractivity contribution is 5.60. The third-order valence-electron chi connectivity index (χ3n) is 3.94. The van der Waals surface area contributed by atoms with E-state index in [1.165, 1.54) is 16.7 Å². The van der Waals surface area contributed by atoms with E-state index in [1.807, 2.05) is 12.1 Å². The Morgan fingerprint density at radius 2 is 2.00 bits per heavy atom. The number of hydrogen-bond acceptors (Lipinski definition) is 2. The highest BCUT2D eigenvalue weighted by Gasteiger charge is 2.36. The Hall–Kier alpha value is -1.70. The van der Waals surface area contributed by atoms with Crippen LogP contribution < -0.4 is 0 Å². The first-order valence-electron chi connectivity index (χ1n) is 6.02. The number of nitrogens with zero attached hydrogens (tertiary/aromatic N) is 1. The molecule has 2 aliphatic rings. The van der Waals surface area contributed by atoms with Gasteiger partial charge in [-0.05, 0) is 42.6 Å². The summed E-state index contributed by atoms with van der Waals surface area (Å²) in [5.41, 5.74) is 5.95. The third-order valence-corrected chi connectivity index (χ3v) is 3.94. The van der Waals surface area contributed by atoms with E-state index >= 15 is 0 Å². The van der Waals surface area contributed by atoms with E-state index in [1.54, 1.807) is 0 Å². The molecule has 0 fully saturated rings. The van der Waals surface area contributed by atoms with E-state index in [2.05, 4.69) is 37.2 Å². The monoisotopic (exact) mass is 225 g/mol. The van der Waals surface area contributed by atoms with E-state index in [0.29, 0.717) is 17.5 Å². The van der Waals surface area contributed by atoms with Crippen molar-refractivity contribution in [2.45, 2.75) is 26.2 Å². The molecule has 0 heterocycles. The smallest absolute Gasteiger partial charge is 0.112 e. The van der Waals surface area contributed by atoms with E-state index in [9.17, 15) is 4.91 Å². The normalized spacial score (nSPS) is 24.7. The lowest BCUT2D eigenvalue weighted by molar-refractivity contribution is 0.561. The lowest BCUT2D eigenvalue weighted by Gasteiger charge is -2.39. The molecule has 0 aliphatic heterocycles. The zero-order chi connectivity index (χ0) is 12.0. The highest BCUT2D eigenvalue weighted by Crippen LogP contribution is 2.50. The van der Waals surface area contributed by atoms with Crippen LogP contribution in [0.25, 0.3) is 0 Å². The molecule has 2 atom stereocenters. The maximum absolute atomic E-state index is 10.9. The number of nitroso groups, excluding NO2 is 1. The molecule has 3 rings (SSSR count). The quantitative estimate of drug-likeness (QED) is 0.519.